The van der Waals surface area contributed by atoms with Crippen LogP contribution < -0.4 is 5.32 Å². The number of hydrogen-bond donors (Lipinski definition) is 1. The van der Waals surface area contributed by atoms with Gasteiger partial charge in [-0.3, -0.25) is 9.59 Å². The number of benzene rings is 1. The highest BCUT2D eigenvalue weighted by atomic mass is 35.5. The maximum absolute atomic E-state index is 12.1. The Bertz CT molecular complexity index is 476. The first-order chi connectivity index (χ1) is 8.58. The molecule has 1 aromatic rings. The predicted molar refractivity (Wildman–Crippen MR) is 69.1 cm³/mol. The molecule has 1 aromatic carbocycles. The maximum Gasteiger partial charge on any atom is 0.245 e. The Morgan fingerprint density at radius 3 is 2.83 bits per heavy atom. The van der Waals surface area contributed by atoms with Crippen LogP contribution in [0.5, 0.6) is 0 Å². The monoisotopic (exact) mass is 266 g/mol. The molecule has 1 N–H and O–H groups in total. The molecule has 2 rings (SSSR count). The molecule has 1 atom stereocenters. The van der Waals surface area contributed by atoms with Crippen molar-refractivity contribution in [3.63, 3.8) is 0 Å². The Kier molecular flexibility index (Phi) is 3.87. The number of nitrogens with zero attached hydrogens (tertiary/aromatic N) is 1. The molecule has 5 heteroatoms. The van der Waals surface area contributed by atoms with Crippen LogP contribution in [0.1, 0.15) is 18.4 Å². The third-order valence-corrected chi connectivity index (χ3v) is 3.40. The lowest BCUT2D eigenvalue weighted by atomic mass is 10.1. The molecule has 0 spiro atoms. The molecule has 1 saturated heterocycles. The minimum Gasteiger partial charge on any atom is -0.344 e. The minimum absolute atomic E-state index is 0.0560. The molecule has 96 valence electrons. The average molecular weight is 267 g/mol. The molecule has 1 heterocycles. The predicted octanol–water partition coefficient (Wildman–Crippen LogP) is 1.58. The van der Waals surface area contributed by atoms with Crippen molar-refractivity contribution in [2.75, 3.05) is 7.05 Å². The molecule has 0 aliphatic carbocycles. The van der Waals surface area contributed by atoms with Crippen LogP contribution in [-0.4, -0.2) is 29.8 Å². The van der Waals surface area contributed by atoms with Gasteiger partial charge in [0.2, 0.25) is 11.8 Å². The van der Waals surface area contributed by atoms with E-state index in [0.29, 0.717) is 24.4 Å². The van der Waals surface area contributed by atoms with Crippen LogP contribution in [0, 0.1) is 0 Å². The standard InChI is InChI=1S/C13H15ClN2O2/c1-16(8-9-4-2-3-5-10(9)14)13(18)11-6-7-12(17)15-11/h2-5,11H,6-8H2,1H3,(H,15,17). The lowest BCUT2D eigenvalue weighted by molar-refractivity contribution is -0.133. The summed E-state index contributed by atoms with van der Waals surface area (Å²) in [5.74, 6) is -0.125. The molecular weight excluding hydrogens is 252 g/mol. The molecule has 1 fully saturated rings. The largest absolute Gasteiger partial charge is 0.344 e. The van der Waals surface area contributed by atoms with E-state index in [1.165, 1.54) is 0 Å². The van der Waals surface area contributed by atoms with Gasteiger partial charge in [-0.05, 0) is 18.1 Å². The molecule has 18 heavy (non-hydrogen) atoms. The topological polar surface area (TPSA) is 49.4 Å². The van der Waals surface area contributed by atoms with Gasteiger partial charge in [0.1, 0.15) is 6.04 Å². The quantitative estimate of drug-likeness (QED) is 0.903. The third-order valence-electron chi connectivity index (χ3n) is 3.03. The van der Waals surface area contributed by atoms with E-state index in [9.17, 15) is 9.59 Å². The second-order valence-electron chi connectivity index (χ2n) is 4.44. The van der Waals surface area contributed by atoms with Gasteiger partial charge >= 0.3 is 0 Å². The zero-order chi connectivity index (χ0) is 13.1. The van der Waals surface area contributed by atoms with Gasteiger partial charge in [0.25, 0.3) is 0 Å². The second kappa shape index (κ2) is 5.40. The highest BCUT2D eigenvalue weighted by molar-refractivity contribution is 6.31. The molecule has 0 radical (unpaired) electrons. The van der Waals surface area contributed by atoms with Gasteiger partial charge in [-0.1, -0.05) is 29.8 Å². The summed E-state index contributed by atoms with van der Waals surface area (Å²) >= 11 is 6.05. The molecule has 4 nitrogen and oxygen atoms in total. The molecule has 2 amide bonds. The molecule has 1 aliphatic rings. The van der Waals surface area contributed by atoms with Gasteiger partial charge < -0.3 is 10.2 Å². The van der Waals surface area contributed by atoms with Crippen molar-refractivity contribution in [3.05, 3.63) is 34.9 Å². The summed E-state index contributed by atoms with van der Waals surface area (Å²) in [7, 11) is 1.72. The lowest BCUT2D eigenvalue weighted by Gasteiger charge is -2.21. The van der Waals surface area contributed by atoms with E-state index in [4.69, 9.17) is 11.6 Å². The fourth-order valence-corrected chi connectivity index (χ4v) is 2.22. The fourth-order valence-electron chi connectivity index (χ4n) is 2.03. The fraction of sp³-hybridized carbons (Fsp3) is 0.385. The van der Waals surface area contributed by atoms with Crippen LogP contribution in [0.4, 0.5) is 0 Å². The molecular formula is C13H15ClN2O2. The van der Waals surface area contributed by atoms with Gasteiger partial charge in [-0.25, -0.2) is 0 Å². The van der Waals surface area contributed by atoms with E-state index in [-0.39, 0.29) is 17.9 Å². The Hall–Kier alpha value is -1.55. The van der Waals surface area contributed by atoms with Crippen molar-refractivity contribution in [2.45, 2.75) is 25.4 Å². The molecule has 0 bridgehead atoms. The number of carbonyl (C=O) groups excluding carboxylic acids is 2. The number of likely N-dealkylation sites (N-methyl/N-ethyl adjacent to an activating group) is 1. The van der Waals surface area contributed by atoms with Crippen LogP contribution in [0.15, 0.2) is 24.3 Å². The Labute approximate surface area is 111 Å². The van der Waals surface area contributed by atoms with E-state index in [0.717, 1.165) is 5.56 Å². The highest BCUT2D eigenvalue weighted by Crippen LogP contribution is 2.17. The van der Waals surface area contributed by atoms with Crippen molar-refractivity contribution < 1.29 is 9.59 Å². The lowest BCUT2D eigenvalue weighted by Crippen LogP contribution is -2.42. The zero-order valence-electron chi connectivity index (χ0n) is 10.1. The highest BCUT2D eigenvalue weighted by Gasteiger charge is 2.29. The SMILES string of the molecule is CN(Cc1ccccc1Cl)C(=O)C1CCC(=O)N1. The van der Waals surface area contributed by atoms with E-state index in [1.807, 2.05) is 18.2 Å². The molecule has 0 aromatic heterocycles. The van der Waals surface area contributed by atoms with Gasteiger partial charge in [0.15, 0.2) is 0 Å². The summed E-state index contributed by atoms with van der Waals surface area (Å²) in [6, 6.07) is 7.04. The van der Waals surface area contributed by atoms with E-state index < -0.39 is 0 Å². The number of nitrogens with one attached hydrogen (secondary N) is 1. The number of hydrogen-bond acceptors (Lipinski definition) is 2. The van der Waals surface area contributed by atoms with Crippen LogP contribution >= 0.6 is 11.6 Å². The Balaban J connectivity index is 2.00. The first-order valence-corrected chi connectivity index (χ1v) is 6.23. The van der Waals surface area contributed by atoms with Crippen molar-refractivity contribution in [1.29, 1.82) is 0 Å². The number of rotatable bonds is 3. The summed E-state index contributed by atoms with van der Waals surface area (Å²) in [5, 5.41) is 3.32. The summed E-state index contributed by atoms with van der Waals surface area (Å²) in [6.07, 6.45) is 1.00. The summed E-state index contributed by atoms with van der Waals surface area (Å²) < 4.78 is 0. The van der Waals surface area contributed by atoms with Gasteiger partial charge in [-0.2, -0.15) is 0 Å². The normalized spacial score (nSPS) is 18.6. The van der Waals surface area contributed by atoms with E-state index in [1.54, 1.807) is 18.0 Å². The van der Waals surface area contributed by atoms with Crippen molar-refractivity contribution in [3.8, 4) is 0 Å². The van der Waals surface area contributed by atoms with Crippen LogP contribution in [0.3, 0.4) is 0 Å². The molecule has 0 saturated carbocycles. The summed E-state index contributed by atoms with van der Waals surface area (Å²) in [6.45, 7) is 0.449. The van der Waals surface area contributed by atoms with E-state index >= 15 is 0 Å². The van der Waals surface area contributed by atoms with Crippen LogP contribution in [0.25, 0.3) is 0 Å². The van der Waals surface area contributed by atoms with Crippen molar-refractivity contribution in [1.82, 2.24) is 10.2 Å². The Morgan fingerprint density at radius 2 is 2.22 bits per heavy atom. The first kappa shape index (κ1) is 12.9. The molecule has 1 aliphatic heterocycles. The third kappa shape index (κ3) is 2.82. The summed E-state index contributed by atoms with van der Waals surface area (Å²) in [5.41, 5.74) is 0.902. The number of amides is 2. The minimum atomic E-state index is -0.384. The summed E-state index contributed by atoms with van der Waals surface area (Å²) in [4.78, 5) is 24.8. The number of halogens is 1. The van der Waals surface area contributed by atoms with Crippen molar-refractivity contribution >= 4 is 23.4 Å². The average Bonchev–Trinajstić information content (AvgIpc) is 2.78. The van der Waals surface area contributed by atoms with Crippen LogP contribution in [0.2, 0.25) is 5.02 Å². The van der Waals surface area contributed by atoms with Crippen molar-refractivity contribution in [2.24, 2.45) is 0 Å². The van der Waals surface area contributed by atoms with Crippen LogP contribution in [-0.2, 0) is 16.1 Å². The first-order valence-electron chi connectivity index (χ1n) is 5.85. The van der Waals surface area contributed by atoms with Gasteiger partial charge in [0, 0.05) is 25.0 Å². The molecule has 1 unspecified atom stereocenters. The van der Waals surface area contributed by atoms with Gasteiger partial charge in [0.05, 0.1) is 0 Å². The number of carbonyl (C=O) groups is 2. The second-order valence-corrected chi connectivity index (χ2v) is 4.85. The maximum atomic E-state index is 12.1. The van der Waals surface area contributed by atoms with E-state index in [2.05, 4.69) is 5.32 Å². The zero-order valence-corrected chi connectivity index (χ0v) is 10.9. The smallest absolute Gasteiger partial charge is 0.245 e. The van der Waals surface area contributed by atoms with Gasteiger partial charge in [-0.15, -0.1) is 0 Å². The Morgan fingerprint density at radius 1 is 1.50 bits per heavy atom.